The van der Waals surface area contributed by atoms with Gasteiger partial charge in [0.15, 0.2) is 0 Å². The van der Waals surface area contributed by atoms with Gasteiger partial charge in [0.1, 0.15) is 11.9 Å². The summed E-state index contributed by atoms with van der Waals surface area (Å²) in [6.45, 7) is 0.982. The Hall–Kier alpha value is -2.52. The number of nitrogens with zero attached hydrogens (tertiary/aromatic N) is 3. The van der Waals surface area contributed by atoms with Crippen molar-refractivity contribution in [2.75, 3.05) is 11.9 Å². The lowest BCUT2D eigenvalue weighted by Gasteiger charge is -2.29. The summed E-state index contributed by atoms with van der Waals surface area (Å²) in [7, 11) is 0. The first-order valence-corrected chi connectivity index (χ1v) is 8.12. The fourth-order valence-corrected chi connectivity index (χ4v) is 3.64. The van der Waals surface area contributed by atoms with E-state index < -0.39 is 0 Å². The van der Waals surface area contributed by atoms with Crippen LogP contribution < -0.4 is 16.1 Å². The number of hydrogen-bond acceptors (Lipinski definition) is 6. The fourth-order valence-electron chi connectivity index (χ4n) is 3.64. The number of nitriles is 1. The Kier molecular flexibility index (Phi) is 3.64. The Balaban J connectivity index is 1.37. The molecule has 23 heavy (non-hydrogen) atoms. The predicted molar refractivity (Wildman–Crippen MR) is 87.7 cm³/mol. The van der Waals surface area contributed by atoms with Crippen LogP contribution in [0.3, 0.4) is 0 Å². The van der Waals surface area contributed by atoms with Crippen molar-refractivity contribution in [1.29, 1.82) is 5.26 Å². The van der Waals surface area contributed by atoms with Crippen molar-refractivity contribution in [2.24, 2.45) is 5.92 Å². The first kappa shape index (κ1) is 14.1. The molecule has 1 saturated heterocycles. The van der Waals surface area contributed by atoms with E-state index >= 15 is 0 Å². The molecule has 3 atom stereocenters. The Labute approximate surface area is 135 Å². The maximum absolute atomic E-state index is 8.83. The SMILES string of the molecule is N#Cc1ccc(N[C@@H]2CC[C@H](N3NCC4C=CNC=C43)C2)nc1. The van der Waals surface area contributed by atoms with Gasteiger partial charge in [-0.15, -0.1) is 0 Å². The monoisotopic (exact) mass is 308 g/mol. The molecule has 6 heteroatoms. The van der Waals surface area contributed by atoms with Crippen molar-refractivity contribution in [3.8, 4) is 6.07 Å². The predicted octanol–water partition coefficient (Wildman–Crippen LogP) is 1.68. The van der Waals surface area contributed by atoms with Gasteiger partial charge in [0.05, 0.1) is 11.3 Å². The number of hydrogen-bond donors (Lipinski definition) is 3. The van der Waals surface area contributed by atoms with Gasteiger partial charge in [-0.2, -0.15) is 5.26 Å². The summed E-state index contributed by atoms with van der Waals surface area (Å²) in [4.78, 5) is 4.31. The van der Waals surface area contributed by atoms with Crippen molar-refractivity contribution >= 4 is 5.82 Å². The number of rotatable bonds is 3. The van der Waals surface area contributed by atoms with E-state index in [1.165, 1.54) is 5.70 Å². The van der Waals surface area contributed by atoms with Gasteiger partial charge in [0.25, 0.3) is 0 Å². The number of nitrogens with one attached hydrogen (secondary N) is 3. The van der Waals surface area contributed by atoms with Gasteiger partial charge in [0.2, 0.25) is 0 Å². The average Bonchev–Trinajstić information content (AvgIpc) is 3.22. The minimum atomic E-state index is 0.425. The average molecular weight is 308 g/mol. The number of dihydropyridines is 1. The number of hydrazine groups is 1. The molecule has 0 amide bonds. The van der Waals surface area contributed by atoms with Crippen LogP contribution in [-0.4, -0.2) is 28.6 Å². The van der Waals surface area contributed by atoms with Gasteiger partial charge in [-0.05, 0) is 37.6 Å². The lowest BCUT2D eigenvalue weighted by molar-refractivity contribution is 0.213. The molecule has 1 unspecified atom stereocenters. The highest BCUT2D eigenvalue weighted by Gasteiger charge is 2.36. The summed E-state index contributed by atoms with van der Waals surface area (Å²) in [5.41, 5.74) is 5.47. The third-order valence-electron chi connectivity index (χ3n) is 4.81. The Bertz CT molecular complexity index is 671. The molecule has 118 valence electrons. The highest BCUT2D eigenvalue weighted by atomic mass is 15.6. The van der Waals surface area contributed by atoms with Crippen molar-refractivity contribution in [3.05, 3.63) is 48.1 Å². The third-order valence-corrected chi connectivity index (χ3v) is 4.81. The van der Waals surface area contributed by atoms with Crippen LogP contribution in [0.15, 0.2) is 42.5 Å². The number of pyridine rings is 1. The minimum absolute atomic E-state index is 0.425. The molecule has 2 aliphatic heterocycles. The summed E-state index contributed by atoms with van der Waals surface area (Å²) in [5.74, 6) is 1.34. The zero-order valence-electron chi connectivity index (χ0n) is 12.9. The Morgan fingerprint density at radius 3 is 3.13 bits per heavy atom. The van der Waals surface area contributed by atoms with Gasteiger partial charge >= 0.3 is 0 Å². The van der Waals surface area contributed by atoms with Crippen molar-refractivity contribution < 1.29 is 0 Å². The Morgan fingerprint density at radius 2 is 2.30 bits per heavy atom. The van der Waals surface area contributed by atoms with Crippen LogP contribution in [0, 0.1) is 17.2 Å². The van der Waals surface area contributed by atoms with Crippen LogP contribution in [-0.2, 0) is 0 Å². The van der Waals surface area contributed by atoms with Crippen molar-refractivity contribution in [3.63, 3.8) is 0 Å². The van der Waals surface area contributed by atoms with Crippen LogP contribution in [0.25, 0.3) is 0 Å². The fraction of sp³-hybridized carbons (Fsp3) is 0.412. The highest BCUT2D eigenvalue weighted by molar-refractivity contribution is 5.40. The van der Waals surface area contributed by atoms with E-state index in [-0.39, 0.29) is 0 Å². The molecule has 1 aliphatic carbocycles. The molecule has 1 aromatic rings. The van der Waals surface area contributed by atoms with E-state index in [1.54, 1.807) is 12.3 Å². The van der Waals surface area contributed by atoms with E-state index in [1.807, 2.05) is 12.3 Å². The largest absolute Gasteiger partial charge is 0.367 e. The molecule has 3 heterocycles. The van der Waals surface area contributed by atoms with Crippen molar-refractivity contribution in [2.45, 2.75) is 31.3 Å². The smallest absolute Gasteiger partial charge is 0.126 e. The highest BCUT2D eigenvalue weighted by Crippen LogP contribution is 2.33. The van der Waals surface area contributed by atoms with Crippen LogP contribution >= 0.6 is 0 Å². The van der Waals surface area contributed by atoms with E-state index in [4.69, 9.17) is 5.26 Å². The quantitative estimate of drug-likeness (QED) is 0.789. The molecule has 1 aromatic heterocycles. The summed E-state index contributed by atoms with van der Waals surface area (Å²) < 4.78 is 0. The van der Waals surface area contributed by atoms with E-state index in [2.05, 4.69) is 44.4 Å². The van der Waals surface area contributed by atoms with E-state index in [0.717, 1.165) is 31.6 Å². The lowest BCUT2D eigenvalue weighted by atomic mass is 10.1. The second-order valence-corrected chi connectivity index (χ2v) is 6.29. The molecule has 3 aliphatic rings. The summed E-state index contributed by atoms with van der Waals surface area (Å²) in [5, 5.41) is 17.9. The van der Waals surface area contributed by atoms with Crippen LogP contribution in [0.4, 0.5) is 5.82 Å². The first-order valence-electron chi connectivity index (χ1n) is 8.12. The molecule has 3 N–H and O–H groups in total. The van der Waals surface area contributed by atoms with Gasteiger partial charge in [0, 0.05) is 36.9 Å². The maximum Gasteiger partial charge on any atom is 0.126 e. The minimum Gasteiger partial charge on any atom is -0.367 e. The van der Waals surface area contributed by atoms with Gasteiger partial charge in [-0.3, -0.25) is 0 Å². The second kappa shape index (κ2) is 5.94. The summed E-state index contributed by atoms with van der Waals surface area (Å²) in [6, 6.07) is 6.72. The molecule has 1 saturated carbocycles. The molecule has 0 aromatic carbocycles. The second-order valence-electron chi connectivity index (χ2n) is 6.29. The van der Waals surface area contributed by atoms with Crippen LogP contribution in [0.5, 0.6) is 0 Å². The van der Waals surface area contributed by atoms with Crippen LogP contribution in [0.1, 0.15) is 24.8 Å². The Morgan fingerprint density at radius 1 is 1.35 bits per heavy atom. The molecule has 0 bridgehead atoms. The van der Waals surface area contributed by atoms with Gasteiger partial charge in [-0.25, -0.2) is 10.4 Å². The van der Waals surface area contributed by atoms with Crippen molar-refractivity contribution in [1.82, 2.24) is 20.7 Å². The topological polar surface area (TPSA) is 76.0 Å². The molecule has 6 nitrogen and oxygen atoms in total. The molecule has 2 fully saturated rings. The molecular weight excluding hydrogens is 288 g/mol. The van der Waals surface area contributed by atoms with E-state index in [0.29, 0.717) is 23.6 Å². The number of anilines is 1. The summed E-state index contributed by atoms with van der Waals surface area (Å²) >= 11 is 0. The number of aromatic nitrogens is 1. The lowest BCUT2D eigenvalue weighted by Crippen LogP contribution is -2.39. The third kappa shape index (κ3) is 2.76. The summed E-state index contributed by atoms with van der Waals surface area (Å²) in [6.07, 6.45) is 11.3. The normalized spacial score (nSPS) is 28.7. The zero-order chi connectivity index (χ0) is 15.6. The first-order chi connectivity index (χ1) is 11.3. The molecule has 0 radical (unpaired) electrons. The van der Waals surface area contributed by atoms with Crippen LogP contribution in [0.2, 0.25) is 0 Å². The zero-order valence-corrected chi connectivity index (χ0v) is 12.9. The van der Waals surface area contributed by atoms with Gasteiger partial charge in [-0.1, -0.05) is 6.08 Å². The standard InChI is InChI=1S/C17H20N6/c18-8-12-1-4-17(20-9-12)22-14-2-3-15(7-14)23-16-11-19-6-5-13(16)10-21-23/h1,4-6,9,11,13-15,19,21H,2-3,7,10H2,(H,20,22)/t13?,14-,15+/m1/s1. The maximum atomic E-state index is 8.83. The molecular formula is C17H20N6. The molecule has 4 rings (SSSR count). The number of fused-ring (bicyclic) bond motifs is 1. The van der Waals surface area contributed by atoms with E-state index in [9.17, 15) is 0 Å². The van der Waals surface area contributed by atoms with Gasteiger partial charge < -0.3 is 15.6 Å². The molecule has 0 spiro atoms.